The molecule has 0 unspecified atom stereocenters. The predicted octanol–water partition coefficient (Wildman–Crippen LogP) is 3.76. The second kappa shape index (κ2) is 7.65. The average Bonchev–Trinajstić information content (AvgIpc) is 3.42. The summed E-state index contributed by atoms with van der Waals surface area (Å²) in [6, 6.07) is 15.2. The third kappa shape index (κ3) is 3.40. The number of aromatic amines is 1. The number of nitrogens with one attached hydrogen (secondary N) is 1. The first-order valence-corrected chi connectivity index (χ1v) is 10.8. The van der Waals surface area contributed by atoms with Gasteiger partial charge in [0.05, 0.1) is 40.6 Å². The number of H-pyrrole nitrogens is 1. The molecule has 1 N–H and O–H groups in total. The number of hydrogen-bond donors (Lipinski definition) is 1. The minimum atomic E-state index is -0.122. The summed E-state index contributed by atoms with van der Waals surface area (Å²) in [5.74, 6) is 0.839. The van der Waals surface area contributed by atoms with Crippen LogP contribution in [0.5, 0.6) is 0 Å². The Kier molecular flexibility index (Phi) is 4.81. The zero-order valence-electron chi connectivity index (χ0n) is 17.7. The first-order chi connectivity index (χ1) is 15.0. The molecule has 1 aliphatic heterocycles. The van der Waals surface area contributed by atoms with Crippen molar-refractivity contribution in [1.82, 2.24) is 24.6 Å². The van der Waals surface area contributed by atoms with E-state index in [2.05, 4.69) is 10.1 Å². The van der Waals surface area contributed by atoms with Crippen LogP contribution in [0, 0.1) is 0 Å². The van der Waals surface area contributed by atoms with E-state index in [-0.39, 0.29) is 30.0 Å². The number of benzene rings is 2. The standard InChI is InChI=1S/C24H25N5O2/c1-15(2)29-24(31)17-9-4-3-8-16(17)20(27-29)14-22(30)28-13-7-12-21(28)23-25-18-10-5-6-11-19(18)26-23/h3-6,8-11,15,21H,7,12-14H2,1-2H3,(H,25,26)/t21-/m1/s1. The molecule has 0 aliphatic carbocycles. The topological polar surface area (TPSA) is 83.9 Å². The van der Waals surface area contributed by atoms with Gasteiger partial charge in [0.15, 0.2) is 0 Å². The highest BCUT2D eigenvalue weighted by atomic mass is 16.2. The van der Waals surface area contributed by atoms with Gasteiger partial charge in [-0.25, -0.2) is 9.67 Å². The van der Waals surface area contributed by atoms with E-state index < -0.39 is 0 Å². The molecule has 1 amide bonds. The van der Waals surface area contributed by atoms with E-state index >= 15 is 0 Å². The molecule has 0 saturated carbocycles. The summed E-state index contributed by atoms with van der Waals surface area (Å²) in [5.41, 5.74) is 2.41. The number of carbonyl (C=O) groups excluding carboxylic acids is 1. The maximum absolute atomic E-state index is 13.4. The van der Waals surface area contributed by atoms with Gasteiger partial charge in [-0.3, -0.25) is 9.59 Å². The zero-order valence-corrected chi connectivity index (χ0v) is 17.7. The molecular formula is C24H25N5O2. The summed E-state index contributed by atoms with van der Waals surface area (Å²) >= 11 is 0. The van der Waals surface area contributed by atoms with Crippen LogP contribution in [-0.2, 0) is 11.2 Å². The molecular weight excluding hydrogens is 390 g/mol. The first kappa shape index (κ1) is 19.5. The van der Waals surface area contributed by atoms with Crippen LogP contribution in [0.4, 0.5) is 0 Å². The van der Waals surface area contributed by atoms with Crippen molar-refractivity contribution >= 4 is 27.7 Å². The normalized spacial score (nSPS) is 16.6. The van der Waals surface area contributed by atoms with Crippen molar-refractivity contribution in [2.45, 2.75) is 45.2 Å². The van der Waals surface area contributed by atoms with E-state index in [1.165, 1.54) is 4.68 Å². The number of carbonyl (C=O) groups is 1. The van der Waals surface area contributed by atoms with Crippen LogP contribution in [0.1, 0.15) is 50.3 Å². The Bertz CT molecular complexity index is 1300. The van der Waals surface area contributed by atoms with Gasteiger partial charge in [-0.1, -0.05) is 30.3 Å². The van der Waals surface area contributed by atoms with Crippen molar-refractivity contribution in [2.24, 2.45) is 0 Å². The van der Waals surface area contributed by atoms with Crippen LogP contribution in [0.2, 0.25) is 0 Å². The Morgan fingerprint density at radius 3 is 2.65 bits per heavy atom. The molecule has 1 aliphatic rings. The van der Waals surface area contributed by atoms with Crippen LogP contribution in [0.15, 0.2) is 53.3 Å². The van der Waals surface area contributed by atoms with Gasteiger partial charge in [-0.05, 0) is 44.9 Å². The molecule has 0 radical (unpaired) electrons. The van der Waals surface area contributed by atoms with Gasteiger partial charge in [0, 0.05) is 11.9 Å². The van der Waals surface area contributed by atoms with Crippen LogP contribution < -0.4 is 5.56 Å². The fourth-order valence-corrected chi connectivity index (χ4v) is 4.48. The third-order valence-corrected chi connectivity index (χ3v) is 6.01. The van der Waals surface area contributed by atoms with Crippen molar-refractivity contribution in [1.29, 1.82) is 0 Å². The molecule has 7 nitrogen and oxygen atoms in total. The Labute approximate surface area is 179 Å². The molecule has 2 aromatic carbocycles. The number of likely N-dealkylation sites (tertiary alicyclic amines) is 1. The molecule has 0 spiro atoms. The minimum absolute atomic E-state index is 0.00886. The van der Waals surface area contributed by atoms with Gasteiger partial charge < -0.3 is 9.88 Å². The SMILES string of the molecule is CC(C)n1nc(CC(=O)N2CCC[C@@H]2c2nc3ccccc3[nH]2)c2ccccc2c1=O. The van der Waals surface area contributed by atoms with E-state index in [9.17, 15) is 9.59 Å². The molecule has 5 rings (SSSR count). The van der Waals surface area contributed by atoms with E-state index in [0.717, 1.165) is 35.1 Å². The molecule has 31 heavy (non-hydrogen) atoms. The maximum atomic E-state index is 13.4. The third-order valence-electron chi connectivity index (χ3n) is 6.01. The number of imidazole rings is 1. The smallest absolute Gasteiger partial charge is 0.274 e. The second-order valence-electron chi connectivity index (χ2n) is 8.40. The summed E-state index contributed by atoms with van der Waals surface area (Å²) < 4.78 is 1.48. The molecule has 0 bridgehead atoms. The minimum Gasteiger partial charge on any atom is -0.340 e. The number of rotatable bonds is 4. The number of fused-ring (bicyclic) bond motifs is 2. The Balaban J connectivity index is 1.49. The quantitative estimate of drug-likeness (QED) is 0.550. The molecule has 3 heterocycles. The van der Waals surface area contributed by atoms with E-state index in [1.807, 2.05) is 61.2 Å². The largest absolute Gasteiger partial charge is 0.340 e. The molecule has 158 valence electrons. The summed E-state index contributed by atoms with van der Waals surface area (Å²) in [6.45, 7) is 4.54. The van der Waals surface area contributed by atoms with Crippen molar-refractivity contribution in [3.05, 3.63) is 70.4 Å². The fourth-order valence-electron chi connectivity index (χ4n) is 4.48. The number of nitrogens with zero attached hydrogens (tertiary/aromatic N) is 4. The highest BCUT2D eigenvalue weighted by molar-refractivity contribution is 5.88. The van der Waals surface area contributed by atoms with Crippen molar-refractivity contribution in [3.63, 3.8) is 0 Å². The highest BCUT2D eigenvalue weighted by Gasteiger charge is 2.32. The van der Waals surface area contributed by atoms with Gasteiger partial charge >= 0.3 is 0 Å². The van der Waals surface area contributed by atoms with E-state index in [0.29, 0.717) is 17.6 Å². The van der Waals surface area contributed by atoms with Gasteiger partial charge in [0.1, 0.15) is 5.82 Å². The lowest BCUT2D eigenvalue weighted by Crippen LogP contribution is -2.34. The number of para-hydroxylation sites is 2. The first-order valence-electron chi connectivity index (χ1n) is 10.8. The molecule has 4 aromatic rings. The predicted molar refractivity (Wildman–Crippen MR) is 120 cm³/mol. The Morgan fingerprint density at radius 1 is 1.13 bits per heavy atom. The van der Waals surface area contributed by atoms with Crippen LogP contribution in [0.25, 0.3) is 21.8 Å². The molecule has 1 saturated heterocycles. The summed E-state index contributed by atoms with van der Waals surface area (Å²) in [4.78, 5) is 36.2. The van der Waals surface area contributed by atoms with Gasteiger partial charge in [-0.2, -0.15) is 5.10 Å². The molecule has 2 aromatic heterocycles. The van der Waals surface area contributed by atoms with Crippen molar-refractivity contribution in [3.8, 4) is 0 Å². The van der Waals surface area contributed by atoms with E-state index in [1.54, 1.807) is 6.07 Å². The number of hydrogen-bond acceptors (Lipinski definition) is 4. The average molecular weight is 415 g/mol. The summed E-state index contributed by atoms with van der Waals surface area (Å²) in [7, 11) is 0. The lowest BCUT2D eigenvalue weighted by molar-refractivity contribution is -0.131. The van der Waals surface area contributed by atoms with Gasteiger partial charge in [0.2, 0.25) is 5.91 Å². The Hall–Kier alpha value is -3.48. The van der Waals surface area contributed by atoms with E-state index in [4.69, 9.17) is 4.98 Å². The summed E-state index contributed by atoms with van der Waals surface area (Å²) in [6.07, 6.45) is 1.97. The maximum Gasteiger partial charge on any atom is 0.274 e. The second-order valence-corrected chi connectivity index (χ2v) is 8.40. The number of amides is 1. The summed E-state index contributed by atoms with van der Waals surface area (Å²) in [5, 5.41) is 5.93. The van der Waals surface area contributed by atoms with Crippen LogP contribution >= 0.6 is 0 Å². The van der Waals surface area contributed by atoms with Gasteiger partial charge in [0.25, 0.3) is 5.56 Å². The Morgan fingerprint density at radius 2 is 1.87 bits per heavy atom. The van der Waals surface area contributed by atoms with Crippen molar-refractivity contribution in [2.75, 3.05) is 6.54 Å². The van der Waals surface area contributed by atoms with Crippen LogP contribution in [-0.4, -0.2) is 37.1 Å². The lowest BCUT2D eigenvalue weighted by Gasteiger charge is -2.23. The molecule has 7 heteroatoms. The molecule has 1 fully saturated rings. The zero-order chi connectivity index (χ0) is 21.5. The van der Waals surface area contributed by atoms with Crippen molar-refractivity contribution < 1.29 is 4.79 Å². The lowest BCUT2D eigenvalue weighted by atomic mass is 10.1. The van der Waals surface area contributed by atoms with Crippen LogP contribution in [0.3, 0.4) is 0 Å². The monoisotopic (exact) mass is 415 g/mol. The molecule has 1 atom stereocenters. The number of aromatic nitrogens is 4. The highest BCUT2D eigenvalue weighted by Crippen LogP contribution is 2.32. The van der Waals surface area contributed by atoms with Gasteiger partial charge in [-0.15, -0.1) is 0 Å². The fraction of sp³-hybridized carbons (Fsp3) is 0.333.